The third-order valence-electron chi connectivity index (χ3n) is 4.75. The minimum Gasteiger partial charge on any atom is -0.326 e. The molecule has 2 N–H and O–H groups in total. The molecule has 1 aromatic carbocycles. The number of urea groups is 1. The number of benzene rings is 1. The van der Waals surface area contributed by atoms with Crippen molar-refractivity contribution in [1.29, 1.82) is 0 Å². The van der Waals surface area contributed by atoms with Crippen LogP contribution in [0.4, 0.5) is 10.5 Å². The van der Waals surface area contributed by atoms with E-state index in [0.717, 1.165) is 21.7 Å². The van der Waals surface area contributed by atoms with Crippen LogP contribution >= 0.6 is 0 Å². The van der Waals surface area contributed by atoms with E-state index in [9.17, 15) is 14.4 Å². The van der Waals surface area contributed by atoms with Crippen LogP contribution in [0.25, 0.3) is 0 Å². The van der Waals surface area contributed by atoms with Gasteiger partial charge in [0.2, 0.25) is 5.91 Å². The lowest BCUT2D eigenvalue weighted by atomic mass is 9.92. The molecule has 1 fully saturated rings. The summed E-state index contributed by atoms with van der Waals surface area (Å²) in [4.78, 5) is 38.2. The third kappa shape index (κ3) is 4.87. The Balaban J connectivity index is 2.17. The lowest BCUT2D eigenvalue weighted by Gasteiger charge is -2.21. The van der Waals surface area contributed by atoms with Crippen LogP contribution in [0.5, 0.6) is 0 Å². The van der Waals surface area contributed by atoms with Gasteiger partial charge in [-0.1, -0.05) is 59.7 Å². The molecule has 1 aliphatic rings. The predicted octanol–water partition coefficient (Wildman–Crippen LogP) is 3.84. The van der Waals surface area contributed by atoms with Crippen molar-refractivity contribution >= 4 is 23.5 Å². The average Bonchev–Trinajstić information content (AvgIpc) is 2.81. The van der Waals surface area contributed by atoms with E-state index in [1.807, 2.05) is 32.0 Å². The Morgan fingerprint density at radius 2 is 1.63 bits per heavy atom. The molecular formula is C21H31N3O3. The van der Waals surface area contributed by atoms with Crippen LogP contribution in [0.3, 0.4) is 0 Å². The highest BCUT2D eigenvalue weighted by molar-refractivity contribution is 6.08. The van der Waals surface area contributed by atoms with Crippen molar-refractivity contribution in [2.45, 2.75) is 65.8 Å². The summed E-state index contributed by atoms with van der Waals surface area (Å²) in [6.45, 7) is 12.0. The van der Waals surface area contributed by atoms with E-state index in [0.29, 0.717) is 6.42 Å². The number of rotatable bonds is 7. The molecule has 1 unspecified atom stereocenters. The molecule has 6 heteroatoms. The maximum Gasteiger partial charge on any atom is 0.325 e. The monoisotopic (exact) mass is 373 g/mol. The Bertz CT molecular complexity index is 699. The molecule has 1 aromatic rings. The number of nitrogens with one attached hydrogen (secondary N) is 2. The zero-order chi connectivity index (χ0) is 20.3. The standard InChI is InChI=1S/C21H31N3O3/c1-12(2)10-17-20(26)24(21(27)22-17)11-18(25)23-19-15(13(3)4)8-7-9-16(19)14(5)6/h7-9,12-14,17H,10-11H2,1-6H3,(H,22,27)(H,23,25). The Labute approximate surface area is 161 Å². The Morgan fingerprint density at radius 1 is 1.07 bits per heavy atom. The van der Waals surface area contributed by atoms with Crippen LogP contribution in [0.15, 0.2) is 18.2 Å². The van der Waals surface area contributed by atoms with Crippen molar-refractivity contribution in [2.24, 2.45) is 5.92 Å². The molecule has 0 aromatic heterocycles. The number of carbonyl (C=O) groups excluding carboxylic acids is 3. The van der Waals surface area contributed by atoms with Crippen LogP contribution in [0.1, 0.15) is 70.9 Å². The van der Waals surface area contributed by atoms with Gasteiger partial charge in [0.15, 0.2) is 0 Å². The molecule has 4 amide bonds. The second kappa shape index (κ2) is 8.55. The van der Waals surface area contributed by atoms with Crippen LogP contribution in [-0.2, 0) is 9.59 Å². The summed E-state index contributed by atoms with van der Waals surface area (Å²) in [5.41, 5.74) is 2.88. The zero-order valence-electron chi connectivity index (χ0n) is 17.1. The number of imide groups is 1. The highest BCUT2D eigenvalue weighted by Crippen LogP contribution is 2.32. The average molecular weight is 373 g/mol. The molecule has 0 bridgehead atoms. The summed E-state index contributed by atoms with van der Waals surface area (Å²) in [5, 5.41) is 5.62. The van der Waals surface area contributed by atoms with Gasteiger partial charge in [0, 0.05) is 5.69 Å². The van der Waals surface area contributed by atoms with E-state index in [2.05, 4.69) is 38.3 Å². The van der Waals surface area contributed by atoms with Gasteiger partial charge in [0.05, 0.1) is 0 Å². The summed E-state index contributed by atoms with van der Waals surface area (Å²) >= 11 is 0. The van der Waals surface area contributed by atoms with Gasteiger partial charge in [-0.05, 0) is 35.3 Å². The minimum atomic E-state index is -0.542. The molecule has 0 spiro atoms. The van der Waals surface area contributed by atoms with Crippen LogP contribution in [0.2, 0.25) is 0 Å². The molecule has 2 rings (SSSR count). The quantitative estimate of drug-likeness (QED) is 0.713. The highest BCUT2D eigenvalue weighted by Gasteiger charge is 2.39. The number of para-hydroxylation sites is 1. The van der Waals surface area contributed by atoms with Gasteiger partial charge in [-0.2, -0.15) is 0 Å². The SMILES string of the molecule is CC(C)CC1NC(=O)N(CC(=O)Nc2c(C(C)C)cccc2C(C)C)C1=O. The normalized spacial score (nSPS) is 17.2. The number of nitrogens with zero attached hydrogens (tertiary/aromatic N) is 1. The number of hydrogen-bond donors (Lipinski definition) is 2. The minimum absolute atomic E-state index is 0.242. The fraction of sp³-hybridized carbons (Fsp3) is 0.571. The second-order valence-electron chi connectivity index (χ2n) is 8.23. The lowest BCUT2D eigenvalue weighted by Crippen LogP contribution is -2.38. The molecule has 27 heavy (non-hydrogen) atoms. The first-order valence-corrected chi connectivity index (χ1v) is 9.66. The van der Waals surface area contributed by atoms with E-state index in [4.69, 9.17) is 0 Å². The van der Waals surface area contributed by atoms with Gasteiger partial charge in [0.25, 0.3) is 5.91 Å². The first-order valence-electron chi connectivity index (χ1n) is 9.66. The van der Waals surface area contributed by atoms with Crippen molar-refractivity contribution in [2.75, 3.05) is 11.9 Å². The molecule has 1 atom stereocenters. The highest BCUT2D eigenvalue weighted by atomic mass is 16.2. The maximum absolute atomic E-state index is 12.7. The Kier molecular flexibility index (Phi) is 6.63. The van der Waals surface area contributed by atoms with Gasteiger partial charge in [-0.25, -0.2) is 4.79 Å². The van der Waals surface area contributed by atoms with Gasteiger partial charge >= 0.3 is 6.03 Å². The van der Waals surface area contributed by atoms with Crippen molar-refractivity contribution in [3.63, 3.8) is 0 Å². The van der Waals surface area contributed by atoms with Crippen molar-refractivity contribution in [3.8, 4) is 0 Å². The second-order valence-corrected chi connectivity index (χ2v) is 8.23. The Hall–Kier alpha value is -2.37. The van der Waals surface area contributed by atoms with E-state index in [-0.39, 0.29) is 36.1 Å². The summed E-state index contributed by atoms with van der Waals surface area (Å²) in [6, 6.07) is 4.95. The largest absolute Gasteiger partial charge is 0.326 e. The zero-order valence-corrected chi connectivity index (χ0v) is 17.1. The molecule has 0 radical (unpaired) electrons. The molecule has 1 heterocycles. The number of carbonyl (C=O) groups is 3. The number of amides is 4. The van der Waals surface area contributed by atoms with Crippen molar-refractivity contribution in [3.05, 3.63) is 29.3 Å². The first kappa shape index (κ1) is 20.9. The van der Waals surface area contributed by atoms with Gasteiger partial charge in [-0.3, -0.25) is 14.5 Å². The predicted molar refractivity (Wildman–Crippen MR) is 107 cm³/mol. The van der Waals surface area contributed by atoms with Crippen molar-refractivity contribution in [1.82, 2.24) is 10.2 Å². The topological polar surface area (TPSA) is 78.5 Å². The summed E-state index contributed by atoms with van der Waals surface area (Å²) in [7, 11) is 0. The molecule has 148 valence electrons. The Morgan fingerprint density at radius 3 is 2.11 bits per heavy atom. The summed E-state index contributed by atoms with van der Waals surface area (Å²) in [5.74, 6) is 0.0700. The maximum atomic E-state index is 12.7. The van der Waals surface area contributed by atoms with E-state index in [1.165, 1.54) is 0 Å². The first-order chi connectivity index (χ1) is 12.6. The molecule has 6 nitrogen and oxygen atoms in total. The summed E-state index contributed by atoms with van der Waals surface area (Å²) < 4.78 is 0. The molecular weight excluding hydrogens is 342 g/mol. The smallest absolute Gasteiger partial charge is 0.325 e. The van der Waals surface area contributed by atoms with Gasteiger partial charge in [-0.15, -0.1) is 0 Å². The number of anilines is 1. The van der Waals surface area contributed by atoms with Gasteiger partial charge in [0.1, 0.15) is 12.6 Å². The van der Waals surface area contributed by atoms with Crippen molar-refractivity contribution < 1.29 is 14.4 Å². The number of hydrogen-bond acceptors (Lipinski definition) is 3. The lowest BCUT2D eigenvalue weighted by molar-refractivity contribution is -0.131. The van der Waals surface area contributed by atoms with Crippen LogP contribution in [-0.4, -0.2) is 35.3 Å². The third-order valence-corrected chi connectivity index (χ3v) is 4.75. The molecule has 0 saturated carbocycles. The van der Waals surface area contributed by atoms with Gasteiger partial charge < -0.3 is 10.6 Å². The molecule has 1 aliphatic heterocycles. The fourth-order valence-corrected chi connectivity index (χ4v) is 3.38. The van der Waals surface area contributed by atoms with Crippen LogP contribution < -0.4 is 10.6 Å². The molecule has 1 saturated heterocycles. The summed E-state index contributed by atoms with van der Waals surface area (Å²) in [6.07, 6.45) is 0.566. The van der Waals surface area contributed by atoms with E-state index in [1.54, 1.807) is 0 Å². The van der Waals surface area contributed by atoms with Crippen LogP contribution in [0, 0.1) is 5.92 Å². The van der Waals surface area contributed by atoms with E-state index < -0.39 is 12.1 Å². The fourth-order valence-electron chi connectivity index (χ4n) is 3.38. The van der Waals surface area contributed by atoms with E-state index >= 15 is 0 Å². The molecule has 0 aliphatic carbocycles.